The van der Waals surface area contributed by atoms with Crippen molar-refractivity contribution in [2.24, 2.45) is 0 Å². The van der Waals surface area contributed by atoms with Gasteiger partial charge < -0.3 is 9.88 Å². The number of hydrogen-bond acceptors (Lipinski definition) is 5. The number of carbonyl (C=O) groups excluding carboxylic acids is 1. The summed E-state index contributed by atoms with van der Waals surface area (Å²) in [5.74, 6) is 1.59. The Balaban J connectivity index is 1.31. The van der Waals surface area contributed by atoms with Gasteiger partial charge in [0.25, 0.3) is 5.91 Å². The predicted octanol–water partition coefficient (Wildman–Crippen LogP) is 3.56. The number of fused-ring (bicyclic) bond motifs is 1. The summed E-state index contributed by atoms with van der Waals surface area (Å²) in [6.45, 7) is 1.49. The van der Waals surface area contributed by atoms with Gasteiger partial charge in [-0.3, -0.25) is 4.79 Å². The van der Waals surface area contributed by atoms with Gasteiger partial charge in [-0.05, 0) is 30.5 Å². The molecule has 0 radical (unpaired) electrons. The Morgan fingerprint density at radius 1 is 0.968 bits per heavy atom. The number of aryl methyl sites for hydroxylation is 1. The predicted molar refractivity (Wildman–Crippen MR) is 117 cm³/mol. The highest BCUT2D eigenvalue weighted by Gasteiger charge is 2.17. The van der Waals surface area contributed by atoms with Crippen LogP contribution in [0.3, 0.4) is 0 Å². The molecule has 0 atom stereocenters. The lowest BCUT2D eigenvalue weighted by Gasteiger charge is -2.09. The second-order valence-corrected chi connectivity index (χ2v) is 7.72. The van der Waals surface area contributed by atoms with Crippen LogP contribution in [0.1, 0.15) is 41.1 Å². The third-order valence-electron chi connectivity index (χ3n) is 5.45. The zero-order valence-electron chi connectivity index (χ0n) is 17.1. The lowest BCUT2D eigenvalue weighted by atomic mass is 10.2. The van der Waals surface area contributed by atoms with Crippen molar-refractivity contribution >= 4 is 11.6 Å². The van der Waals surface area contributed by atoms with E-state index in [4.69, 9.17) is 0 Å². The molecule has 0 bridgehead atoms. The molecule has 31 heavy (non-hydrogen) atoms. The van der Waals surface area contributed by atoms with Crippen molar-refractivity contribution < 1.29 is 4.79 Å². The maximum atomic E-state index is 12.7. The van der Waals surface area contributed by atoms with Gasteiger partial charge in [0.15, 0.2) is 11.5 Å². The number of nitrogens with zero attached hydrogens (tertiary/aromatic N) is 6. The minimum Gasteiger partial charge on any atom is -0.321 e. The van der Waals surface area contributed by atoms with Gasteiger partial charge in [-0.25, -0.2) is 4.68 Å². The van der Waals surface area contributed by atoms with Crippen molar-refractivity contribution in [3.05, 3.63) is 77.9 Å². The average molecular weight is 413 g/mol. The Hall–Kier alpha value is -3.81. The van der Waals surface area contributed by atoms with Crippen LogP contribution >= 0.6 is 0 Å². The number of anilines is 1. The minimum absolute atomic E-state index is 0.276. The second-order valence-electron chi connectivity index (χ2n) is 7.72. The fraction of sp³-hybridized carbons (Fsp3) is 0.261. The Bertz CT molecular complexity index is 1200. The summed E-state index contributed by atoms with van der Waals surface area (Å²) < 4.78 is 3.86. The molecule has 1 amide bonds. The molecule has 0 aliphatic carbocycles. The van der Waals surface area contributed by atoms with Crippen LogP contribution in [0.15, 0.2) is 60.8 Å². The molecular weight excluding hydrogens is 390 g/mol. The van der Waals surface area contributed by atoms with Gasteiger partial charge in [-0.15, -0.1) is 15.3 Å². The molecule has 0 fully saturated rings. The highest BCUT2D eigenvalue weighted by Crippen LogP contribution is 2.25. The summed E-state index contributed by atoms with van der Waals surface area (Å²) in [5.41, 5.74) is 2.99. The second kappa shape index (κ2) is 8.51. The SMILES string of the molecule is O=C(Nc1cccc(-c2nnc3n2CCCCC3)c1)c1cn(Cc2ccccc2)nn1. The van der Waals surface area contributed by atoms with Crippen molar-refractivity contribution in [3.63, 3.8) is 0 Å². The lowest BCUT2D eigenvalue weighted by Crippen LogP contribution is -2.12. The summed E-state index contributed by atoms with van der Waals surface area (Å²) in [6.07, 6.45) is 6.11. The number of amides is 1. The monoisotopic (exact) mass is 413 g/mol. The fourth-order valence-electron chi connectivity index (χ4n) is 3.88. The van der Waals surface area contributed by atoms with Crippen LogP contribution in [-0.2, 0) is 19.5 Å². The van der Waals surface area contributed by atoms with E-state index in [2.05, 4.69) is 30.4 Å². The zero-order chi connectivity index (χ0) is 21.0. The van der Waals surface area contributed by atoms with Gasteiger partial charge in [-0.1, -0.05) is 54.1 Å². The number of rotatable bonds is 5. The van der Waals surface area contributed by atoms with Crippen molar-refractivity contribution in [1.29, 1.82) is 0 Å². The zero-order valence-corrected chi connectivity index (χ0v) is 17.1. The van der Waals surface area contributed by atoms with Crippen molar-refractivity contribution in [1.82, 2.24) is 29.8 Å². The van der Waals surface area contributed by atoms with E-state index in [1.54, 1.807) is 10.9 Å². The quantitative estimate of drug-likeness (QED) is 0.540. The van der Waals surface area contributed by atoms with E-state index >= 15 is 0 Å². The molecule has 0 unspecified atom stereocenters. The van der Waals surface area contributed by atoms with Crippen molar-refractivity contribution in [2.75, 3.05) is 5.32 Å². The maximum absolute atomic E-state index is 12.7. The summed E-state index contributed by atoms with van der Waals surface area (Å²) in [6, 6.07) is 17.6. The molecule has 8 nitrogen and oxygen atoms in total. The third kappa shape index (κ3) is 4.23. The molecule has 0 spiro atoms. The molecule has 0 saturated heterocycles. The molecule has 5 rings (SSSR count). The topological polar surface area (TPSA) is 90.5 Å². The minimum atomic E-state index is -0.295. The molecule has 1 aliphatic heterocycles. The lowest BCUT2D eigenvalue weighted by molar-refractivity contribution is 0.102. The number of carbonyl (C=O) groups is 1. The molecular formula is C23H23N7O. The maximum Gasteiger partial charge on any atom is 0.277 e. The Morgan fingerprint density at radius 3 is 2.77 bits per heavy atom. The smallest absolute Gasteiger partial charge is 0.277 e. The van der Waals surface area contributed by atoms with E-state index in [0.717, 1.165) is 48.6 Å². The van der Waals surface area contributed by atoms with E-state index in [-0.39, 0.29) is 11.6 Å². The van der Waals surface area contributed by atoms with Gasteiger partial charge in [0, 0.05) is 24.2 Å². The van der Waals surface area contributed by atoms with Gasteiger partial charge >= 0.3 is 0 Å². The van der Waals surface area contributed by atoms with E-state index in [9.17, 15) is 4.79 Å². The molecule has 8 heteroatoms. The van der Waals surface area contributed by atoms with Gasteiger partial charge in [0.05, 0.1) is 12.7 Å². The van der Waals surface area contributed by atoms with Crippen molar-refractivity contribution in [3.8, 4) is 11.4 Å². The standard InChI is InChI=1S/C23H23N7O/c31-23(20-16-29(28-25-20)15-17-8-3-1-4-9-17)24-19-11-7-10-18(14-19)22-27-26-21-12-5-2-6-13-30(21)22/h1,3-4,7-11,14,16H,2,5-6,12-13,15H2,(H,24,31). The van der Waals surface area contributed by atoms with Crippen LogP contribution in [0, 0.1) is 0 Å². The first-order valence-corrected chi connectivity index (χ1v) is 10.5. The number of hydrogen-bond donors (Lipinski definition) is 1. The molecule has 1 aliphatic rings. The largest absolute Gasteiger partial charge is 0.321 e. The molecule has 2 aromatic carbocycles. The molecule has 3 heterocycles. The van der Waals surface area contributed by atoms with Gasteiger partial charge in [0.2, 0.25) is 0 Å². The first-order valence-electron chi connectivity index (χ1n) is 10.5. The third-order valence-corrected chi connectivity index (χ3v) is 5.45. The van der Waals surface area contributed by atoms with Crippen LogP contribution in [-0.4, -0.2) is 35.7 Å². The highest BCUT2D eigenvalue weighted by molar-refractivity contribution is 6.02. The Kier molecular flexibility index (Phi) is 5.26. The molecule has 2 aromatic heterocycles. The Labute approximate surface area is 179 Å². The molecule has 4 aromatic rings. The van der Waals surface area contributed by atoms with E-state index in [1.165, 1.54) is 6.42 Å². The number of benzene rings is 2. The first-order chi connectivity index (χ1) is 15.3. The van der Waals surface area contributed by atoms with Crippen LogP contribution in [0.25, 0.3) is 11.4 Å². The summed E-state index contributed by atoms with van der Waals surface area (Å²) >= 11 is 0. The van der Waals surface area contributed by atoms with E-state index in [0.29, 0.717) is 12.2 Å². The van der Waals surface area contributed by atoms with Crippen molar-refractivity contribution in [2.45, 2.75) is 38.8 Å². The fourth-order valence-corrected chi connectivity index (χ4v) is 3.88. The van der Waals surface area contributed by atoms with Crippen LogP contribution in [0.4, 0.5) is 5.69 Å². The highest BCUT2D eigenvalue weighted by atomic mass is 16.2. The van der Waals surface area contributed by atoms with Gasteiger partial charge in [-0.2, -0.15) is 0 Å². The Morgan fingerprint density at radius 2 is 1.87 bits per heavy atom. The van der Waals surface area contributed by atoms with E-state index < -0.39 is 0 Å². The van der Waals surface area contributed by atoms with Crippen LogP contribution in [0.5, 0.6) is 0 Å². The normalized spacial score (nSPS) is 13.4. The van der Waals surface area contributed by atoms with Crippen LogP contribution < -0.4 is 5.32 Å². The van der Waals surface area contributed by atoms with E-state index in [1.807, 2.05) is 54.6 Å². The summed E-state index contributed by atoms with van der Waals surface area (Å²) in [4.78, 5) is 12.7. The van der Waals surface area contributed by atoms with Crippen LogP contribution in [0.2, 0.25) is 0 Å². The first kappa shape index (κ1) is 19.2. The summed E-state index contributed by atoms with van der Waals surface area (Å²) in [5, 5.41) is 19.8. The van der Waals surface area contributed by atoms with Gasteiger partial charge in [0.1, 0.15) is 5.82 Å². The number of nitrogens with one attached hydrogen (secondary N) is 1. The average Bonchev–Trinajstić information content (AvgIpc) is 3.36. The number of aromatic nitrogens is 6. The molecule has 1 N–H and O–H groups in total. The summed E-state index contributed by atoms with van der Waals surface area (Å²) in [7, 11) is 0. The molecule has 0 saturated carbocycles. The molecule has 156 valence electrons.